The number of nitrogens with one attached hydrogen (secondary N) is 1. The quantitative estimate of drug-likeness (QED) is 0.899. The summed E-state index contributed by atoms with van der Waals surface area (Å²) >= 11 is 0. The molecule has 0 aliphatic heterocycles. The minimum Gasteiger partial charge on any atom is -0.444 e. The first-order valence-electron chi connectivity index (χ1n) is 7.28. The third-order valence-electron chi connectivity index (χ3n) is 2.84. The number of nitrogens with two attached hydrogens (primary N) is 1. The van der Waals surface area contributed by atoms with Crippen LogP contribution in [0.4, 0.5) is 10.5 Å². The van der Waals surface area contributed by atoms with Gasteiger partial charge in [-0.3, -0.25) is 10.1 Å². The zero-order valence-electron chi connectivity index (χ0n) is 14.5. The lowest BCUT2D eigenvalue weighted by Gasteiger charge is -2.21. The second kappa shape index (κ2) is 6.02. The number of rotatable bonds is 3. The molecule has 1 rings (SSSR count). The van der Waals surface area contributed by atoms with Gasteiger partial charge in [0.25, 0.3) is 5.91 Å². The smallest absolute Gasteiger partial charge is 0.412 e. The first-order chi connectivity index (χ1) is 9.80. The van der Waals surface area contributed by atoms with Gasteiger partial charge < -0.3 is 15.0 Å². The highest BCUT2D eigenvalue weighted by Gasteiger charge is 2.25. The van der Waals surface area contributed by atoms with E-state index in [9.17, 15) is 9.59 Å². The summed E-state index contributed by atoms with van der Waals surface area (Å²) in [6.45, 7) is 11.6. The second-order valence-electron chi connectivity index (χ2n) is 7.72. The molecule has 0 bridgehead atoms. The van der Waals surface area contributed by atoms with Crippen LogP contribution in [-0.2, 0) is 18.2 Å². The highest BCUT2D eigenvalue weighted by molar-refractivity contribution is 6.01. The molecule has 2 amide bonds. The van der Waals surface area contributed by atoms with E-state index in [1.165, 1.54) is 0 Å². The van der Waals surface area contributed by atoms with E-state index >= 15 is 0 Å². The number of amides is 2. The Morgan fingerprint density at radius 2 is 1.77 bits per heavy atom. The SMILES string of the molecule is Cn1cc(CC(C)(C)C)c(NC(=O)OC(C)(C)C)c1C(N)=O. The second-order valence-corrected chi connectivity index (χ2v) is 7.72. The maximum absolute atomic E-state index is 12.0. The van der Waals surface area contributed by atoms with Crippen LogP contribution in [0.3, 0.4) is 0 Å². The molecular formula is C16H27N3O3. The van der Waals surface area contributed by atoms with Crippen LogP contribution in [0.25, 0.3) is 0 Å². The zero-order chi connectivity index (χ0) is 17.3. The van der Waals surface area contributed by atoms with E-state index in [1.807, 2.05) is 6.20 Å². The topological polar surface area (TPSA) is 86.3 Å². The molecule has 0 fully saturated rings. The van der Waals surface area contributed by atoms with Gasteiger partial charge in [-0.15, -0.1) is 0 Å². The van der Waals surface area contributed by atoms with Crippen molar-refractivity contribution in [1.82, 2.24) is 4.57 Å². The third-order valence-corrected chi connectivity index (χ3v) is 2.84. The molecule has 0 saturated heterocycles. The van der Waals surface area contributed by atoms with E-state index in [1.54, 1.807) is 32.4 Å². The number of carbonyl (C=O) groups is 2. The van der Waals surface area contributed by atoms with Gasteiger partial charge in [-0.1, -0.05) is 20.8 Å². The maximum Gasteiger partial charge on any atom is 0.412 e. The average Bonchev–Trinajstić information content (AvgIpc) is 2.48. The highest BCUT2D eigenvalue weighted by Crippen LogP contribution is 2.30. The Kier molecular flexibility index (Phi) is 4.95. The summed E-state index contributed by atoms with van der Waals surface area (Å²) in [4.78, 5) is 23.7. The predicted octanol–water partition coefficient (Wildman–Crippen LogP) is 3.06. The Morgan fingerprint density at radius 3 is 2.18 bits per heavy atom. The lowest BCUT2D eigenvalue weighted by Crippen LogP contribution is -2.28. The van der Waals surface area contributed by atoms with E-state index in [0.717, 1.165) is 5.56 Å². The fourth-order valence-electron chi connectivity index (χ4n) is 2.24. The van der Waals surface area contributed by atoms with Crippen LogP contribution < -0.4 is 11.1 Å². The van der Waals surface area contributed by atoms with Crippen LogP contribution in [0, 0.1) is 5.41 Å². The summed E-state index contributed by atoms with van der Waals surface area (Å²) < 4.78 is 6.89. The lowest BCUT2D eigenvalue weighted by molar-refractivity contribution is 0.0635. The van der Waals surface area contributed by atoms with Gasteiger partial charge in [-0.05, 0) is 38.2 Å². The molecule has 0 aliphatic rings. The first-order valence-corrected chi connectivity index (χ1v) is 7.28. The van der Waals surface area contributed by atoms with Crippen LogP contribution in [0.1, 0.15) is 57.6 Å². The van der Waals surface area contributed by atoms with E-state index in [0.29, 0.717) is 12.1 Å². The van der Waals surface area contributed by atoms with Crippen LogP contribution in [0.15, 0.2) is 6.20 Å². The van der Waals surface area contributed by atoms with Crippen molar-refractivity contribution in [3.63, 3.8) is 0 Å². The summed E-state index contributed by atoms with van der Waals surface area (Å²) in [5.41, 5.74) is 6.38. The van der Waals surface area contributed by atoms with Crippen LogP contribution >= 0.6 is 0 Å². The Labute approximate surface area is 132 Å². The molecule has 0 radical (unpaired) electrons. The Morgan fingerprint density at radius 1 is 1.23 bits per heavy atom. The number of carbonyl (C=O) groups excluding carboxylic acids is 2. The normalized spacial score (nSPS) is 12.1. The van der Waals surface area contributed by atoms with E-state index in [2.05, 4.69) is 26.1 Å². The summed E-state index contributed by atoms with van der Waals surface area (Å²) in [5.74, 6) is -0.589. The summed E-state index contributed by atoms with van der Waals surface area (Å²) in [5, 5.41) is 2.68. The minimum atomic E-state index is -0.615. The van der Waals surface area contributed by atoms with Gasteiger partial charge in [0.1, 0.15) is 11.3 Å². The lowest BCUT2D eigenvalue weighted by atomic mass is 9.88. The predicted molar refractivity (Wildman–Crippen MR) is 86.9 cm³/mol. The van der Waals surface area contributed by atoms with Gasteiger partial charge in [0.05, 0.1) is 5.69 Å². The van der Waals surface area contributed by atoms with Crippen molar-refractivity contribution < 1.29 is 14.3 Å². The van der Waals surface area contributed by atoms with Crippen molar-refractivity contribution in [2.24, 2.45) is 18.2 Å². The van der Waals surface area contributed by atoms with Gasteiger partial charge in [0, 0.05) is 13.2 Å². The number of nitrogens with zero attached hydrogens (tertiary/aromatic N) is 1. The van der Waals surface area contributed by atoms with Crippen LogP contribution in [0.2, 0.25) is 0 Å². The van der Waals surface area contributed by atoms with Gasteiger partial charge in [0.15, 0.2) is 0 Å². The number of hydrogen-bond acceptors (Lipinski definition) is 3. The van der Waals surface area contributed by atoms with Crippen molar-refractivity contribution in [3.8, 4) is 0 Å². The number of aryl methyl sites for hydroxylation is 1. The Balaban J connectivity index is 3.19. The fraction of sp³-hybridized carbons (Fsp3) is 0.625. The molecule has 1 aromatic heterocycles. The molecule has 0 atom stereocenters. The molecule has 0 aliphatic carbocycles. The molecule has 6 heteroatoms. The number of primary amides is 1. The highest BCUT2D eigenvalue weighted by atomic mass is 16.6. The number of ether oxygens (including phenoxy) is 1. The van der Waals surface area contributed by atoms with Crippen molar-refractivity contribution >= 4 is 17.7 Å². The van der Waals surface area contributed by atoms with Gasteiger partial charge in [-0.25, -0.2) is 4.79 Å². The molecule has 0 aromatic carbocycles. The number of anilines is 1. The zero-order valence-corrected chi connectivity index (χ0v) is 14.5. The number of aromatic nitrogens is 1. The van der Waals surface area contributed by atoms with Crippen molar-refractivity contribution in [2.45, 2.75) is 53.6 Å². The standard InChI is InChI=1S/C16H27N3O3/c1-15(2,3)8-10-9-19(7)12(13(17)20)11(10)18-14(21)22-16(4,5)6/h9H,8H2,1-7H3,(H2,17,20)(H,18,21). The van der Waals surface area contributed by atoms with E-state index < -0.39 is 17.6 Å². The van der Waals surface area contributed by atoms with Gasteiger partial charge >= 0.3 is 6.09 Å². The van der Waals surface area contributed by atoms with Crippen molar-refractivity contribution in [1.29, 1.82) is 0 Å². The third kappa shape index (κ3) is 5.09. The molecular weight excluding hydrogens is 282 g/mol. The maximum atomic E-state index is 12.0. The molecule has 6 nitrogen and oxygen atoms in total. The molecule has 0 unspecified atom stereocenters. The first kappa shape index (κ1) is 18.1. The molecule has 0 spiro atoms. The van der Waals surface area contributed by atoms with Gasteiger partial charge in [0.2, 0.25) is 0 Å². The average molecular weight is 309 g/mol. The molecule has 3 N–H and O–H groups in total. The van der Waals surface area contributed by atoms with E-state index in [-0.39, 0.29) is 11.1 Å². The van der Waals surface area contributed by atoms with Crippen LogP contribution in [0.5, 0.6) is 0 Å². The van der Waals surface area contributed by atoms with Crippen molar-refractivity contribution in [3.05, 3.63) is 17.5 Å². The Bertz CT molecular complexity index is 575. The number of hydrogen-bond donors (Lipinski definition) is 2. The monoisotopic (exact) mass is 309 g/mol. The molecule has 1 heterocycles. The molecule has 1 aromatic rings. The Hall–Kier alpha value is -1.98. The van der Waals surface area contributed by atoms with Crippen molar-refractivity contribution in [2.75, 3.05) is 5.32 Å². The summed E-state index contributed by atoms with van der Waals surface area (Å²) in [6.07, 6.45) is 1.91. The van der Waals surface area contributed by atoms with Crippen LogP contribution in [-0.4, -0.2) is 22.2 Å². The minimum absolute atomic E-state index is 0.000626. The summed E-state index contributed by atoms with van der Waals surface area (Å²) in [6, 6.07) is 0. The molecule has 0 saturated carbocycles. The van der Waals surface area contributed by atoms with E-state index in [4.69, 9.17) is 10.5 Å². The van der Waals surface area contributed by atoms with Gasteiger partial charge in [-0.2, -0.15) is 0 Å². The molecule has 124 valence electrons. The fourth-order valence-corrected chi connectivity index (χ4v) is 2.24. The molecule has 22 heavy (non-hydrogen) atoms. The largest absolute Gasteiger partial charge is 0.444 e. The summed E-state index contributed by atoms with van der Waals surface area (Å²) in [7, 11) is 1.73.